The van der Waals surface area contributed by atoms with Crippen LogP contribution in [0.5, 0.6) is 0 Å². The summed E-state index contributed by atoms with van der Waals surface area (Å²) in [6, 6.07) is 9.17. The maximum Gasteiger partial charge on any atom is 0.393 e. The highest BCUT2D eigenvalue weighted by molar-refractivity contribution is 5.77. The molecule has 9 heteroatoms. The van der Waals surface area contributed by atoms with Crippen LogP contribution < -0.4 is 5.73 Å². The number of aromatic nitrogens is 3. The number of primary amides is 1. The maximum atomic E-state index is 13.1. The monoisotopic (exact) mass is 339 g/mol. The number of rotatable bonds is 4. The Morgan fingerprint density at radius 2 is 1.96 bits per heavy atom. The van der Waals surface area contributed by atoms with Crippen molar-refractivity contribution in [3.05, 3.63) is 42.5 Å². The normalized spacial score (nSPS) is 22.0. The van der Waals surface area contributed by atoms with Gasteiger partial charge in [0.15, 0.2) is 0 Å². The lowest BCUT2D eigenvalue weighted by Crippen LogP contribution is -2.37. The summed E-state index contributed by atoms with van der Waals surface area (Å²) in [6.45, 7) is -0.162. The quantitative estimate of drug-likeness (QED) is 0.913. The molecule has 0 saturated carbocycles. The molecule has 0 unspecified atom stereocenters. The first-order chi connectivity index (χ1) is 11.4. The van der Waals surface area contributed by atoms with Crippen LogP contribution >= 0.6 is 0 Å². The van der Waals surface area contributed by atoms with Crippen molar-refractivity contribution in [1.82, 2.24) is 19.7 Å². The number of nitrogens with two attached hydrogens (primary N) is 1. The summed E-state index contributed by atoms with van der Waals surface area (Å²) >= 11 is 0. The van der Waals surface area contributed by atoms with Gasteiger partial charge in [0.1, 0.15) is 12.2 Å². The molecule has 0 radical (unpaired) electrons. The van der Waals surface area contributed by atoms with E-state index in [1.165, 1.54) is 11.2 Å². The molecule has 0 aliphatic carbocycles. The van der Waals surface area contributed by atoms with Crippen molar-refractivity contribution in [3.63, 3.8) is 0 Å². The minimum absolute atomic E-state index is 0.0405. The van der Waals surface area contributed by atoms with Crippen LogP contribution in [0.3, 0.4) is 0 Å². The Balaban J connectivity index is 1.79. The zero-order valence-corrected chi connectivity index (χ0v) is 12.6. The van der Waals surface area contributed by atoms with E-state index >= 15 is 0 Å². The van der Waals surface area contributed by atoms with Gasteiger partial charge < -0.3 is 5.73 Å². The lowest BCUT2D eigenvalue weighted by molar-refractivity contribution is -0.182. The van der Waals surface area contributed by atoms with E-state index < -0.39 is 23.9 Å². The smallest absolute Gasteiger partial charge is 0.369 e. The van der Waals surface area contributed by atoms with Crippen LogP contribution in [0.15, 0.2) is 36.7 Å². The molecule has 1 aliphatic heterocycles. The van der Waals surface area contributed by atoms with Gasteiger partial charge in [-0.05, 0) is 12.1 Å². The summed E-state index contributed by atoms with van der Waals surface area (Å²) < 4.78 is 40.9. The van der Waals surface area contributed by atoms with E-state index in [4.69, 9.17) is 5.73 Å². The Morgan fingerprint density at radius 3 is 2.54 bits per heavy atom. The van der Waals surface area contributed by atoms with Gasteiger partial charge >= 0.3 is 6.18 Å². The molecule has 2 aromatic rings. The predicted octanol–water partition coefficient (Wildman–Crippen LogP) is 1.36. The molecular formula is C15H16F3N5O. The van der Waals surface area contributed by atoms with Crippen LogP contribution in [-0.2, 0) is 11.3 Å². The number of halogens is 3. The number of hydrogen-bond donors (Lipinski definition) is 1. The minimum Gasteiger partial charge on any atom is -0.369 e. The summed E-state index contributed by atoms with van der Waals surface area (Å²) in [6.07, 6.45) is -3.10. The molecule has 6 nitrogen and oxygen atoms in total. The van der Waals surface area contributed by atoms with Gasteiger partial charge in [-0.3, -0.25) is 9.69 Å². The first-order valence-corrected chi connectivity index (χ1v) is 7.39. The highest BCUT2D eigenvalue weighted by atomic mass is 19.4. The fourth-order valence-electron chi connectivity index (χ4n) is 2.99. The van der Waals surface area contributed by atoms with E-state index in [9.17, 15) is 18.0 Å². The predicted molar refractivity (Wildman–Crippen MR) is 78.9 cm³/mol. The standard InChI is InChI=1S/C15H16F3N5O/c16-15(17,18)12-7-22(6-11(12)14(19)24)8-13-20-9-21-23(13)10-4-2-1-3-5-10/h1-5,9,11-12H,6-8H2,(H2,19,24)/t11-,12-/m1/s1. The molecule has 1 amide bonds. The van der Waals surface area contributed by atoms with Crippen molar-refractivity contribution in [2.45, 2.75) is 12.7 Å². The largest absolute Gasteiger partial charge is 0.393 e. The fourth-order valence-corrected chi connectivity index (χ4v) is 2.99. The summed E-state index contributed by atoms with van der Waals surface area (Å²) in [7, 11) is 0. The Labute approximate surface area is 136 Å². The average Bonchev–Trinajstić information content (AvgIpc) is 3.15. The van der Waals surface area contributed by atoms with Crippen LogP contribution in [0.25, 0.3) is 5.69 Å². The van der Waals surface area contributed by atoms with Gasteiger partial charge in [0.2, 0.25) is 5.91 Å². The van der Waals surface area contributed by atoms with Crippen molar-refractivity contribution in [3.8, 4) is 5.69 Å². The molecule has 0 spiro atoms. The lowest BCUT2D eigenvalue weighted by atomic mass is 9.95. The zero-order chi connectivity index (χ0) is 17.3. The average molecular weight is 339 g/mol. The lowest BCUT2D eigenvalue weighted by Gasteiger charge is -2.18. The molecule has 1 aromatic carbocycles. The van der Waals surface area contributed by atoms with E-state index in [0.717, 1.165) is 5.69 Å². The SMILES string of the molecule is NC(=O)[C@@H]1CN(Cc2ncnn2-c2ccccc2)C[C@H]1C(F)(F)F. The van der Waals surface area contributed by atoms with Crippen LogP contribution in [0, 0.1) is 11.8 Å². The van der Waals surface area contributed by atoms with E-state index in [1.807, 2.05) is 30.3 Å². The third-order valence-electron chi connectivity index (χ3n) is 4.17. The first kappa shape index (κ1) is 16.4. The van der Waals surface area contributed by atoms with E-state index in [1.54, 1.807) is 4.68 Å². The van der Waals surface area contributed by atoms with Gasteiger partial charge in [-0.1, -0.05) is 18.2 Å². The number of alkyl halides is 3. The molecular weight excluding hydrogens is 323 g/mol. The van der Waals surface area contributed by atoms with Gasteiger partial charge in [-0.25, -0.2) is 9.67 Å². The highest BCUT2D eigenvalue weighted by Gasteiger charge is 2.51. The molecule has 3 rings (SSSR count). The van der Waals surface area contributed by atoms with Gasteiger partial charge in [-0.15, -0.1) is 0 Å². The summed E-state index contributed by atoms with van der Waals surface area (Å²) in [4.78, 5) is 17.0. The topological polar surface area (TPSA) is 77.0 Å². The second kappa shape index (κ2) is 6.23. The first-order valence-electron chi connectivity index (χ1n) is 7.39. The number of benzene rings is 1. The van der Waals surface area contributed by atoms with Crippen LogP contribution in [-0.4, -0.2) is 44.8 Å². The Bertz CT molecular complexity index is 715. The van der Waals surface area contributed by atoms with Crippen molar-refractivity contribution in [2.24, 2.45) is 17.6 Å². The number of carbonyl (C=O) groups is 1. The maximum absolute atomic E-state index is 13.1. The van der Waals surface area contributed by atoms with E-state index in [0.29, 0.717) is 5.82 Å². The Hall–Kier alpha value is -2.42. The number of nitrogens with zero attached hydrogens (tertiary/aromatic N) is 4. The summed E-state index contributed by atoms with van der Waals surface area (Å²) in [5, 5.41) is 4.12. The van der Waals surface area contributed by atoms with Crippen molar-refractivity contribution in [1.29, 1.82) is 0 Å². The molecule has 0 bridgehead atoms. The van der Waals surface area contributed by atoms with Crippen LogP contribution in [0.4, 0.5) is 13.2 Å². The van der Waals surface area contributed by atoms with Gasteiger partial charge in [-0.2, -0.15) is 18.3 Å². The third-order valence-corrected chi connectivity index (χ3v) is 4.17. The zero-order valence-electron chi connectivity index (χ0n) is 12.6. The van der Waals surface area contributed by atoms with Gasteiger partial charge in [0, 0.05) is 13.1 Å². The molecule has 2 heterocycles. The summed E-state index contributed by atoms with van der Waals surface area (Å²) in [5.74, 6) is -3.40. The number of amides is 1. The van der Waals surface area contributed by atoms with Crippen molar-refractivity contribution < 1.29 is 18.0 Å². The second-order valence-corrected chi connectivity index (χ2v) is 5.77. The minimum atomic E-state index is -4.46. The molecule has 1 aliphatic rings. The molecule has 1 aromatic heterocycles. The number of likely N-dealkylation sites (tertiary alicyclic amines) is 1. The van der Waals surface area contributed by atoms with Crippen molar-refractivity contribution >= 4 is 5.91 Å². The van der Waals surface area contributed by atoms with Crippen LogP contribution in [0.2, 0.25) is 0 Å². The Morgan fingerprint density at radius 1 is 1.25 bits per heavy atom. The second-order valence-electron chi connectivity index (χ2n) is 5.77. The summed E-state index contributed by atoms with van der Waals surface area (Å²) in [5.41, 5.74) is 5.91. The number of para-hydroxylation sites is 1. The van der Waals surface area contributed by atoms with E-state index in [2.05, 4.69) is 10.1 Å². The molecule has 1 saturated heterocycles. The van der Waals surface area contributed by atoms with Gasteiger partial charge in [0.05, 0.1) is 24.1 Å². The molecule has 24 heavy (non-hydrogen) atoms. The number of carbonyl (C=O) groups excluding carboxylic acids is 1. The highest BCUT2D eigenvalue weighted by Crippen LogP contribution is 2.37. The molecule has 128 valence electrons. The van der Waals surface area contributed by atoms with Crippen molar-refractivity contribution in [2.75, 3.05) is 13.1 Å². The van der Waals surface area contributed by atoms with Gasteiger partial charge in [0.25, 0.3) is 0 Å². The number of hydrogen-bond acceptors (Lipinski definition) is 4. The molecule has 2 atom stereocenters. The molecule has 2 N–H and O–H groups in total. The third kappa shape index (κ3) is 3.25. The molecule has 1 fully saturated rings. The Kier molecular flexibility index (Phi) is 4.27. The van der Waals surface area contributed by atoms with Crippen LogP contribution in [0.1, 0.15) is 5.82 Å². The fraction of sp³-hybridized carbons (Fsp3) is 0.400. The van der Waals surface area contributed by atoms with E-state index in [-0.39, 0.29) is 19.6 Å².